The van der Waals surface area contributed by atoms with Crippen molar-refractivity contribution in [1.82, 2.24) is 5.32 Å². The summed E-state index contributed by atoms with van der Waals surface area (Å²) in [6, 6.07) is 11.9. The SMILES string of the molecule is Cc1ccc(F)c(C(=O)NC(C)Cc2ccc(Cl)cc2)c1. The van der Waals surface area contributed by atoms with Gasteiger partial charge in [-0.2, -0.15) is 0 Å². The highest BCUT2D eigenvalue weighted by molar-refractivity contribution is 6.30. The fourth-order valence-corrected chi connectivity index (χ4v) is 2.27. The molecule has 1 N–H and O–H groups in total. The monoisotopic (exact) mass is 305 g/mol. The van der Waals surface area contributed by atoms with Crippen molar-refractivity contribution in [2.45, 2.75) is 26.3 Å². The molecule has 0 saturated carbocycles. The van der Waals surface area contributed by atoms with Gasteiger partial charge in [0.2, 0.25) is 0 Å². The van der Waals surface area contributed by atoms with Gasteiger partial charge in [-0.3, -0.25) is 4.79 Å². The van der Waals surface area contributed by atoms with Gasteiger partial charge in [0, 0.05) is 11.1 Å². The van der Waals surface area contributed by atoms with Gasteiger partial charge >= 0.3 is 0 Å². The number of carbonyl (C=O) groups excluding carboxylic acids is 1. The topological polar surface area (TPSA) is 29.1 Å². The predicted octanol–water partition coefficient (Wildman–Crippen LogP) is 4.15. The first-order chi connectivity index (χ1) is 9.95. The Morgan fingerprint density at radius 2 is 1.90 bits per heavy atom. The van der Waals surface area contributed by atoms with Crippen LogP contribution < -0.4 is 5.32 Å². The van der Waals surface area contributed by atoms with Crippen molar-refractivity contribution in [3.63, 3.8) is 0 Å². The number of nitrogens with one attached hydrogen (secondary N) is 1. The van der Waals surface area contributed by atoms with Crippen molar-refractivity contribution in [2.75, 3.05) is 0 Å². The van der Waals surface area contributed by atoms with E-state index in [-0.39, 0.29) is 11.6 Å². The molecular weight excluding hydrogens is 289 g/mol. The zero-order valence-electron chi connectivity index (χ0n) is 12.0. The summed E-state index contributed by atoms with van der Waals surface area (Å²) in [6.45, 7) is 3.72. The molecule has 0 heterocycles. The number of hydrogen-bond donors (Lipinski definition) is 1. The summed E-state index contributed by atoms with van der Waals surface area (Å²) in [5.74, 6) is -0.894. The molecule has 1 atom stereocenters. The van der Waals surface area contributed by atoms with Gasteiger partial charge in [0.1, 0.15) is 5.82 Å². The molecule has 0 saturated heterocycles. The second kappa shape index (κ2) is 6.72. The van der Waals surface area contributed by atoms with E-state index >= 15 is 0 Å². The molecule has 4 heteroatoms. The maximum absolute atomic E-state index is 13.7. The molecule has 0 aliphatic rings. The lowest BCUT2D eigenvalue weighted by molar-refractivity contribution is 0.0936. The molecule has 2 nitrogen and oxygen atoms in total. The first-order valence-electron chi connectivity index (χ1n) is 6.77. The Hall–Kier alpha value is -1.87. The Kier molecular flexibility index (Phi) is 4.97. The summed E-state index contributed by atoms with van der Waals surface area (Å²) in [4.78, 5) is 12.1. The zero-order chi connectivity index (χ0) is 15.4. The van der Waals surface area contributed by atoms with Crippen molar-refractivity contribution in [3.8, 4) is 0 Å². The average Bonchev–Trinajstić information content (AvgIpc) is 2.44. The van der Waals surface area contributed by atoms with Gasteiger partial charge < -0.3 is 5.32 Å². The molecule has 2 aromatic carbocycles. The van der Waals surface area contributed by atoms with Gasteiger partial charge in [0.25, 0.3) is 5.91 Å². The van der Waals surface area contributed by atoms with Gasteiger partial charge in [0.15, 0.2) is 0 Å². The molecule has 0 aromatic heterocycles. The third kappa shape index (κ3) is 4.30. The van der Waals surface area contributed by atoms with E-state index in [9.17, 15) is 9.18 Å². The molecule has 0 radical (unpaired) electrons. The van der Waals surface area contributed by atoms with Gasteiger partial charge in [-0.25, -0.2) is 4.39 Å². The maximum atomic E-state index is 13.7. The first kappa shape index (κ1) is 15.5. The molecule has 2 aromatic rings. The second-order valence-electron chi connectivity index (χ2n) is 5.19. The normalized spacial score (nSPS) is 12.0. The summed E-state index contributed by atoms with van der Waals surface area (Å²) in [7, 11) is 0. The number of aryl methyl sites for hydroxylation is 1. The molecular formula is C17H17ClFNO. The second-order valence-corrected chi connectivity index (χ2v) is 5.62. The van der Waals surface area contributed by atoms with E-state index in [1.54, 1.807) is 12.1 Å². The molecule has 1 amide bonds. The molecule has 21 heavy (non-hydrogen) atoms. The Morgan fingerprint density at radius 3 is 2.57 bits per heavy atom. The average molecular weight is 306 g/mol. The van der Waals surface area contributed by atoms with E-state index < -0.39 is 11.7 Å². The van der Waals surface area contributed by atoms with Crippen molar-refractivity contribution in [2.24, 2.45) is 0 Å². The smallest absolute Gasteiger partial charge is 0.254 e. The van der Waals surface area contributed by atoms with Crippen LogP contribution in [0.5, 0.6) is 0 Å². The zero-order valence-corrected chi connectivity index (χ0v) is 12.7. The van der Waals surface area contributed by atoms with Crippen LogP contribution in [0.15, 0.2) is 42.5 Å². The largest absolute Gasteiger partial charge is 0.349 e. The standard InChI is InChI=1S/C17H17ClFNO/c1-11-3-8-16(19)15(9-11)17(21)20-12(2)10-13-4-6-14(18)7-5-13/h3-9,12H,10H2,1-2H3,(H,20,21). The number of amides is 1. The molecule has 1 unspecified atom stereocenters. The summed E-state index contributed by atoms with van der Waals surface area (Å²) >= 11 is 5.83. The van der Waals surface area contributed by atoms with Crippen LogP contribution in [0.2, 0.25) is 5.02 Å². The lowest BCUT2D eigenvalue weighted by atomic mass is 10.1. The number of benzene rings is 2. The minimum atomic E-state index is -0.503. The van der Waals surface area contributed by atoms with Gasteiger partial charge in [-0.05, 0) is 50.1 Å². The molecule has 0 aliphatic carbocycles. The quantitative estimate of drug-likeness (QED) is 0.903. The summed E-state index contributed by atoms with van der Waals surface area (Å²) in [6.07, 6.45) is 0.663. The van der Waals surface area contributed by atoms with E-state index in [2.05, 4.69) is 5.32 Å². The Labute approximate surface area is 128 Å². The highest BCUT2D eigenvalue weighted by atomic mass is 35.5. The van der Waals surface area contributed by atoms with Gasteiger partial charge in [-0.1, -0.05) is 35.4 Å². The van der Waals surface area contributed by atoms with Crippen molar-refractivity contribution < 1.29 is 9.18 Å². The van der Waals surface area contributed by atoms with E-state index in [1.807, 2.05) is 38.1 Å². The Morgan fingerprint density at radius 1 is 1.24 bits per heavy atom. The van der Waals surface area contributed by atoms with Crippen LogP contribution in [0.1, 0.15) is 28.4 Å². The fourth-order valence-electron chi connectivity index (χ4n) is 2.14. The fraction of sp³-hybridized carbons (Fsp3) is 0.235. The van der Waals surface area contributed by atoms with Crippen LogP contribution >= 0.6 is 11.6 Å². The number of carbonyl (C=O) groups is 1. The molecule has 0 spiro atoms. The first-order valence-corrected chi connectivity index (χ1v) is 7.15. The Balaban J connectivity index is 2.01. The minimum Gasteiger partial charge on any atom is -0.349 e. The third-order valence-electron chi connectivity index (χ3n) is 3.20. The lowest BCUT2D eigenvalue weighted by Crippen LogP contribution is -2.34. The summed E-state index contributed by atoms with van der Waals surface area (Å²) in [5.41, 5.74) is 2.00. The van der Waals surface area contributed by atoms with Crippen LogP contribution in [0.4, 0.5) is 4.39 Å². The van der Waals surface area contributed by atoms with Crippen LogP contribution in [0.3, 0.4) is 0 Å². The third-order valence-corrected chi connectivity index (χ3v) is 3.45. The van der Waals surface area contributed by atoms with E-state index in [4.69, 9.17) is 11.6 Å². The van der Waals surface area contributed by atoms with E-state index in [0.717, 1.165) is 11.1 Å². The Bertz CT molecular complexity index is 640. The highest BCUT2D eigenvalue weighted by Crippen LogP contribution is 2.13. The summed E-state index contributed by atoms with van der Waals surface area (Å²) < 4.78 is 13.7. The highest BCUT2D eigenvalue weighted by Gasteiger charge is 2.14. The number of hydrogen-bond acceptors (Lipinski definition) is 1. The van der Waals surface area contributed by atoms with Crippen LogP contribution in [0.25, 0.3) is 0 Å². The van der Waals surface area contributed by atoms with Crippen LogP contribution in [-0.4, -0.2) is 11.9 Å². The van der Waals surface area contributed by atoms with E-state index in [0.29, 0.717) is 11.4 Å². The molecule has 0 fully saturated rings. The maximum Gasteiger partial charge on any atom is 0.254 e. The molecule has 2 rings (SSSR count). The van der Waals surface area contributed by atoms with Crippen molar-refractivity contribution in [3.05, 3.63) is 70.0 Å². The molecule has 110 valence electrons. The van der Waals surface area contributed by atoms with Crippen LogP contribution in [-0.2, 0) is 6.42 Å². The molecule has 0 aliphatic heterocycles. The van der Waals surface area contributed by atoms with Crippen LogP contribution in [0, 0.1) is 12.7 Å². The number of rotatable bonds is 4. The van der Waals surface area contributed by atoms with E-state index in [1.165, 1.54) is 6.07 Å². The van der Waals surface area contributed by atoms with Gasteiger partial charge in [0.05, 0.1) is 5.56 Å². The lowest BCUT2D eigenvalue weighted by Gasteiger charge is -2.14. The van der Waals surface area contributed by atoms with Crippen molar-refractivity contribution in [1.29, 1.82) is 0 Å². The summed E-state index contributed by atoms with van der Waals surface area (Å²) in [5, 5.41) is 3.49. The van der Waals surface area contributed by atoms with Crippen molar-refractivity contribution >= 4 is 17.5 Å². The predicted molar refractivity (Wildman–Crippen MR) is 83.2 cm³/mol. The number of halogens is 2. The molecule has 0 bridgehead atoms. The van der Waals surface area contributed by atoms with Gasteiger partial charge in [-0.15, -0.1) is 0 Å². The minimum absolute atomic E-state index is 0.0814.